The lowest BCUT2D eigenvalue weighted by Gasteiger charge is -2.42. The van der Waals surface area contributed by atoms with E-state index in [1.165, 1.54) is 67.7 Å². The van der Waals surface area contributed by atoms with Crippen LogP contribution < -0.4 is 13.8 Å². The molecule has 10 nitrogen and oxygen atoms in total. The summed E-state index contributed by atoms with van der Waals surface area (Å²) in [5, 5.41) is 0.271. The molecule has 3 aromatic rings. The van der Waals surface area contributed by atoms with Gasteiger partial charge in [-0.2, -0.15) is 0 Å². The Kier molecular flexibility index (Phi) is 7.78. The quantitative estimate of drug-likeness (QED) is 0.354. The summed E-state index contributed by atoms with van der Waals surface area (Å²) in [7, 11) is 1.66. The Balaban J connectivity index is 1.85. The monoisotopic (exact) mass is 611 g/mol. The molecule has 1 unspecified atom stereocenters. The molecule has 12 heteroatoms. The van der Waals surface area contributed by atoms with E-state index >= 15 is 4.79 Å². The molecule has 0 N–H and O–H groups in total. The fourth-order valence-corrected chi connectivity index (χ4v) is 7.57. The first-order valence-electron chi connectivity index (χ1n) is 13.2. The van der Waals surface area contributed by atoms with Gasteiger partial charge in [-0.15, -0.1) is 0 Å². The first kappa shape index (κ1) is 29.6. The van der Waals surface area contributed by atoms with Crippen LogP contribution in [0.3, 0.4) is 0 Å². The van der Waals surface area contributed by atoms with E-state index in [1.54, 1.807) is 31.1 Å². The van der Waals surface area contributed by atoms with Crippen molar-refractivity contribution in [2.75, 3.05) is 39.2 Å². The maximum Gasteiger partial charge on any atom is 0.271 e. The van der Waals surface area contributed by atoms with Crippen molar-refractivity contribution in [3.63, 3.8) is 0 Å². The number of methoxy groups -OCH3 is 2. The van der Waals surface area contributed by atoms with Gasteiger partial charge in [0.05, 0.1) is 30.8 Å². The number of halogens is 1. The van der Waals surface area contributed by atoms with E-state index in [0.717, 1.165) is 4.31 Å². The molecule has 220 valence electrons. The number of likely N-dealkylation sites (N-methyl/N-ethyl adjacent to an activating group) is 1. The first-order valence-corrected chi connectivity index (χ1v) is 15.0. The second-order valence-electron chi connectivity index (χ2n) is 10.3. The molecule has 2 atom stereocenters. The number of likely N-dealkylation sites (tertiary alicyclic amines) is 1. The average Bonchev–Trinajstić information content (AvgIpc) is 3.57. The van der Waals surface area contributed by atoms with Gasteiger partial charge in [0.1, 0.15) is 17.8 Å². The summed E-state index contributed by atoms with van der Waals surface area (Å²) < 4.78 is 40.2. The van der Waals surface area contributed by atoms with Crippen LogP contribution in [0, 0.1) is 0 Å². The zero-order valence-electron chi connectivity index (χ0n) is 23.5. The minimum atomic E-state index is -4.47. The van der Waals surface area contributed by atoms with Gasteiger partial charge in [-0.05, 0) is 61.4 Å². The Morgan fingerprint density at radius 3 is 2.36 bits per heavy atom. The number of carbonyl (C=O) groups is 3. The van der Waals surface area contributed by atoms with Crippen LogP contribution in [0.1, 0.15) is 34.3 Å². The van der Waals surface area contributed by atoms with Gasteiger partial charge in [0, 0.05) is 42.4 Å². The third-order valence-electron chi connectivity index (χ3n) is 7.82. The third-order valence-corrected chi connectivity index (χ3v) is 9.77. The van der Waals surface area contributed by atoms with Gasteiger partial charge < -0.3 is 14.4 Å². The number of anilines is 1. The molecule has 3 aromatic carbocycles. The van der Waals surface area contributed by atoms with Crippen molar-refractivity contribution in [3.05, 3.63) is 82.4 Å². The largest absolute Gasteiger partial charge is 0.497 e. The average molecular weight is 612 g/mol. The van der Waals surface area contributed by atoms with Crippen LogP contribution in [0.5, 0.6) is 11.5 Å². The van der Waals surface area contributed by atoms with Gasteiger partial charge >= 0.3 is 0 Å². The molecule has 0 spiro atoms. The number of rotatable bonds is 8. The predicted molar refractivity (Wildman–Crippen MR) is 157 cm³/mol. The molecule has 0 radical (unpaired) electrons. The van der Waals surface area contributed by atoms with Crippen molar-refractivity contribution in [1.82, 2.24) is 9.80 Å². The fourth-order valence-electron chi connectivity index (χ4n) is 5.93. The second-order valence-corrected chi connectivity index (χ2v) is 12.5. The Hall–Kier alpha value is -3.93. The lowest BCUT2D eigenvalue weighted by atomic mass is 9.80. The van der Waals surface area contributed by atoms with Crippen LogP contribution in [-0.2, 0) is 25.2 Å². The van der Waals surface area contributed by atoms with E-state index < -0.39 is 27.5 Å². The molecule has 2 aliphatic heterocycles. The number of hydrogen-bond donors (Lipinski definition) is 0. The number of benzene rings is 3. The van der Waals surface area contributed by atoms with Crippen molar-refractivity contribution in [1.29, 1.82) is 0 Å². The van der Waals surface area contributed by atoms with Crippen LogP contribution in [0.15, 0.2) is 65.6 Å². The number of ether oxygens (including phenoxy) is 2. The molecule has 0 aliphatic carbocycles. The normalized spacial score (nSPS) is 20.4. The number of carbonyl (C=O) groups excluding carboxylic acids is 3. The maximum absolute atomic E-state index is 15.1. The van der Waals surface area contributed by atoms with Crippen molar-refractivity contribution in [3.8, 4) is 11.5 Å². The van der Waals surface area contributed by atoms with Crippen molar-refractivity contribution < 1.29 is 32.3 Å². The van der Waals surface area contributed by atoms with E-state index in [-0.39, 0.29) is 38.4 Å². The Bertz CT molecular complexity index is 1680. The molecular weight excluding hydrogens is 582 g/mol. The zero-order chi connectivity index (χ0) is 30.4. The SMILES string of the molecule is COc1ccc(S(=O)(=O)N2C(=O)C(c3ccc(C=O)cc3OC)(N3CCC[C@H]3C(=O)N(C)C)c3cc(Cl)ccc32)cc1. The number of fused-ring (bicyclic) bond motifs is 1. The van der Waals surface area contributed by atoms with Crippen molar-refractivity contribution in [2.24, 2.45) is 0 Å². The molecule has 0 saturated carbocycles. The number of hydrogen-bond acceptors (Lipinski definition) is 8. The van der Waals surface area contributed by atoms with Gasteiger partial charge in [0.25, 0.3) is 15.9 Å². The van der Waals surface area contributed by atoms with Crippen molar-refractivity contribution >= 4 is 45.4 Å². The zero-order valence-corrected chi connectivity index (χ0v) is 25.1. The Labute approximate surface area is 249 Å². The van der Waals surface area contributed by atoms with E-state index in [1.807, 2.05) is 0 Å². The van der Waals surface area contributed by atoms with Gasteiger partial charge in [-0.1, -0.05) is 23.7 Å². The molecule has 2 amide bonds. The lowest BCUT2D eigenvalue weighted by molar-refractivity contribution is -0.138. The van der Waals surface area contributed by atoms with Gasteiger partial charge in [-0.3, -0.25) is 19.3 Å². The van der Waals surface area contributed by atoms with Crippen LogP contribution in [0.4, 0.5) is 5.69 Å². The number of sulfonamides is 1. The molecule has 1 fully saturated rings. The summed E-state index contributed by atoms with van der Waals surface area (Å²) in [6, 6.07) is 14.1. The Morgan fingerprint density at radius 1 is 1.02 bits per heavy atom. The highest BCUT2D eigenvalue weighted by Crippen LogP contribution is 2.55. The highest BCUT2D eigenvalue weighted by Gasteiger charge is 2.63. The summed E-state index contributed by atoms with van der Waals surface area (Å²) in [5.74, 6) is -0.412. The van der Waals surface area contributed by atoms with E-state index in [0.29, 0.717) is 37.0 Å². The van der Waals surface area contributed by atoms with Gasteiger partial charge in [0.15, 0.2) is 5.54 Å². The summed E-state index contributed by atoms with van der Waals surface area (Å²) in [4.78, 5) is 43.3. The third kappa shape index (κ3) is 4.43. The maximum atomic E-state index is 15.1. The van der Waals surface area contributed by atoms with Crippen LogP contribution in [0.25, 0.3) is 0 Å². The lowest BCUT2D eigenvalue weighted by Crippen LogP contribution is -2.59. The minimum absolute atomic E-state index is 0.102. The number of aldehydes is 1. The first-order chi connectivity index (χ1) is 20.0. The van der Waals surface area contributed by atoms with E-state index in [4.69, 9.17) is 21.1 Å². The van der Waals surface area contributed by atoms with Gasteiger partial charge in [0.2, 0.25) is 5.91 Å². The molecule has 1 saturated heterocycles. The van der Waals surface area contributed by atoms with Crippen LogP contribution in [0.2, 0.25) is 5.02 Å². The standard InChI is InChI=1S/C30H30ClN3O7S/c1-32(2)28(36)26-6-5-15-33(26)30(23-13-7-19(18-35)16-27(23)41-4)24-17-20(31)8-14-25(24)34(29(30)37)42(38,39)22-11-9-21(40-3)10-12-22/h7-14,16-18,26H,5-6,15H2,1-4H3/t26-,30?/m0/s1. The highest BCUT2D eigenvalue weighted by molar-refractivity contribution is 7.93. The molecule has 2 aliphatic rings. The smallest absolute Gasteiger partial charge is 0.271 e. The second kappa shape index (κ2) is 11.0. The van der Waals surface area contributed by atoms with Gasteiger partial charge in [-0.25, -0.2) is 12.7 Å². The summed E-state index contributed by atoms with van der Waals surface area (Å²) in [5.41, 5.74) is -0.862. The van der Waals surface area contributed by atoms with Crippen molar-refractivity contribution in [2.45, 2.75) is 29.3 Å². The highest BCUT2D eigenvalue weighted by atomic mass is 35.5. The molecular formula is C30H30ClN3O7S. The van der Waals surface area contributed by atoms with Crippen LogP contribution >= 0.6 is 11.6 Å². The van der Waals surface area contributed by atoms with E-state index in [2.05, 4.69) is 0 Å². The summed E-state index contributed by atoms with van der Waals surface area (Å²) >= 11 is 6.51. The molecule has 2 heterocycles. The molecule has 0 bridgehead atoms. The summed E-state index contributed by atoms with van der Waals surface area (Å²) in [6.07, 6.45) is 1.67. The number of amides is 2. The minimum Gasteiger partial charge on any atom is -0.497 e. The topological polar surface area (TPSA) is 114 Å². The molecule has 5 rings (SSSR count). The Morgan fingerprint density at radius 2 is 1.74 bits per heavy atom. The summed E-state index contributed by atoms with van der Waals surface area (Å²) in [6.45, 7) is 0.303. The van der Waals surface area contributed by atoms with E-state index in [9.17, 15) is 18.0 Å². The number of nitrogens with zero attached hydrogens (tertiary/aromatic N) is 3. The fraction of sp³-hybridized carbons (Fsp3) is 0.300. The molecule has 42 heavy (non-hydrogen) atoms. The molecule has 0 aromatic heterocycles. The van der Waals surface area contributed by atoms with Crippen LogP contribution in [-0.4, -0.2) is 77.2 Å². The predicted octanol–water partition coefficient (Wildman–Crippen LogP) is 3.70.